The average Bonchev–Trinajstić information content (AvgIpc) is 3.19. The van der Waals surface area contributed by atoms with Gasteiger partial charge in [0, 0.05) is 36.0 Å². The number of rotatable bonds is 4. The average molecular weight is 507 g/mol. The van der Waals surface area contributed by atoms with E-state index in [0.717, 1.165) is 22.2 Å². The minimum atomic E-state index is -0.599. The molecular weight excluding hydrogens is 482 g/mol. The summed E-state index contributed by atoms with van der Waals surface area (Å²) in [4.78, 5) is 19.1. The van der Waals surface area contributed by atoms with Gasteiger partial charge >= 0.3 is 0 Å². The van der Waals surface area contributed by atoms with E-state index in [4.69, 9.17) is 0 Å². The summed E-state index contributed by atoms with van der Waals surface area (Å²) in [7, 11) is 0. The third-order valence-corrected chi connectivity index (χ3v) is 8.27. The number of carbonyl (C=O) groups excluding carboxylic acids is 1. The van der Waals surface area contributed by atoms with Crippen LogP contribution in [0, 0.1) is 24.5 Å². The molecule has 0 radical (unpaired) electrons. The van der Waals surface area contributed by atoms with E-state index in [1.165, 1.54) is 41.6 Å². The predicted molar refractivity (Wildman–Crippen MR) is 140 cm³/mol. The maximum absolute atomic E-state index is 14.4. The summed E-state index contributed by atoms with van der Waals surface area (Å²) in [6.07, 6.45) is 3.28. The molecule has 1 aliphatic carbocycles. The number of hydrogen-bond acceptors (Lipinski definition) is 3. The Kier molecular flexibility index (Phi) is 4.98. The van der Waals surface area contributed by atoms with Gasteiger partial charge in [0.05, 0.1) is 17.4 Å². The zero-order valence-electron chi connectivity index (χ0n) is 20.7. The minimum absolute atomic E-state index is 0.132. The largest absolute Gasteiger partial charge is 0.336 e. The van der Waals surface area contributed by atoms with Crippen LogP contribution in [0.1, 0.15) is 33.1 Å². The van der Waals surface area contributed by atoms with Gasteiger partial charge < -0.3 is 4.90 Å². The van der Waals surface area contributed by atoms with Gasteiger partial charge in [0.2, 0.25) is 0 Å². The fraction of sp³-hybridized carbons (Fsp3) is 0.194. The van der Waals surface area contributed by atoms with Crippen LogP contribution < -0.4 is 0 Å². The van der Waals surface area contributed by atoms with E-state index in [9.17, 15) is 13.6 Å². The number of benzene rings is 3. The third kappa shape index (κ3) is 3.31. The van der Waals surface area contributed by atoms with E-state index < -0.39 is 5.82 Å². The number of carbonyl (C=O) groups is 1. The molecule has 2 aromatic heterocycles. The Morgan fingerprint density at radius 3 is 2.55 bits per heavy atom. The third-order valence-electron chi connectivity index (χ3n) is 8.27. The fourth-order valence-electron chi connectivity index (χ4n) is 6.58. The molecule has 5 aromatic rings. The zero-order valence-corrected chi connectivity index (χ0v) is 20.7. The monoisotopic (exact) mass is 506 g/mol. The highest BCUT2D eigenvalue weighted by Gasteiger charge is 2.71. The highest BCUT2D eigenvalue weighted by Crippen LogP contribution is 2.69. The normalized spacial score (nSPS) is 22.0. The molecule has 7 heteroatoms. The fourth-order valence-corrected chi connectivity index (χ4v) is 6.58. The molecule has 1 saturated carbocycles. The van der Waals surface area contributed by atoms with Gasteiger partial charge in [-0.3, -0.25) is 4.79 Å². The highest BCUT2D eigenvalue weighted by molar-refractivity contribution is 5.93. The molecule has 3 unspecified atom stereocenters. The summed E-state index contributed by atoms with van der Waals surface area (Å²) in [5, 5.41) is 5.56. The Labute approximate surface area is 218 Å². The first-order valence-corrected chi connectivity index (χ1v) is 12.7. The molecule has 0 spiro atoms. The van der Waals surface area contributed by atoms with Gasteiger partial charge in [0.25, 0.3) is 5.91 Å². The Hall–Kier alpha value is -4.39. The van der Waals surface area contributed by atoms with Crippen molar-refractivity contribution in [1.29, 1.82) is 0 Å². The van der Waals surface area contributed by atoms with Crippen molar-refractivity contribution < 1.29 is 13.6 Å². The number of halogens is 2. The quantitative estimate of drug-likeness (QED) is 0.309. The lowest BCUT2D eigenvalue weighted by atomic mass is 9.86. The molecule has 1 saturated heterocycles. The molecule has 5 nitrogen and oxygen atoms in total. The van der Waals surface area contributed by atoms with E-state index in [-0.39, 0.29) is 34.7 Å². The first kappa shape index (κ1) is 22.8. The SMILES string of the molecule is Cc1cc2c(cnn2-c2ccc(F)cc2)cc1C12CN(C(=O)c3ncccc3F)CC1C2c1ccccc1. The summed E-state index contributed by atoms with van der Waals surface area (Å²) >= 11 is 0. The van der Waals surface area contributed by atoms with E-state index in [1.54, 1.807) is 17.0 Å². The smallest absolute Gasteiger partial charge is 0.275 e. The van der Waals surface area contributed by atoms with Crippen LogP contribution in [0.3, 0.4) is 0 Å². The summed E-state index contributed by atoms with van der Waals surface area (Å²) in [6.45, 7) is 3.12. The van der Waals surface area contributed by atoms with Crippen molar-refractivity contribution in [2.24, 2.45) is 5.92 Å². The van der Waals surface area contributed by atoms with Crippen molar-refractivity contribution in [1.82, 2.24) is 19.7 Å². The first-order chi connectivity index (χ1) is 18.5. The standard InChI is InChI=1S/C31H24F2N4O/c1-19-14-27-21(16-35-37(27)23-11-9-22(32)10-12-23)15-24(19)31-18-36(30(38)29-26(33)8-5-13-34-29)17-25(31)28(31)20-6-3-2-4-7-20/h2-16,25,28H,17-18H2,1H3. The van der Waals surface area contributed by atoms with Gasteiger partial charge in [-0.1, -0.05) is 30.3 Å². The molecule has 3 aromatic carbocycles. The molecule has 2 fully saturated rings. The maximum Gasteiger partial charge on any atom is 0.275 e. The Bertz CT molecular complexity index is 1700. The molecule has 1 amide bonds. The number of pyridine rings is 1. The van der Waals surface area contributed by atoms with Crippen LogP contribution in [-0.2, 0) is 5.41 Å². The summed E-state index contributed by atoms with van der Waals surface area (Å²) < 4.78 is 29.7. The van der Waals surface area contributed by atoms with Crippen LogP contribution in [0.25, 0.3) is 16.6 Å². The minimum Gasteiger partial charge on any atom is -0.336 e. The van der Waals surface area contributed by atoms with Gasteiger partial charge in [-0.2, -0.15) is 5.10 Å². The number of nitrogens with zero attached hydrogens (tertiary/aromatic N) is 4. The lowest BCUT2D eigenvalue weighted by Crippen LogP contribution is -2.35. The van der Waals surface area contributed by atoms with Crippen LogP contribution in [0.15, 0.2) is 91.3 Å². The molecule has 7 rings (SSSR count). The molecule has 2 aliphatic rings. The van der Waals surface area contributed by atoms with Crippen molar-refractivity contribution in [3.63, 3.8) is 0 Å². The number of aryl methyl sites for hydroxylation is 1. The molecule has 0 bridgehead atoms. The first-order valence-electron chi connectivity index (χ1n) is 12.7. The van der Waals surface area contributed by atoms with E-state index in [0.29, 0.717) is 13.1 Å². The molecule has 0 N–H and O–H groups in total. The van der Waals surface area contributed by atoms with E-state index in [2.05, 4.69) is 41.3 Å². The second-order valence-electron chi connectivity index (χ2n) is 10.3. The summed E-state index contributed by atoms with van der Waals surface area (Å²) in [5.74, 6) is -0.796. The van der Waals surface area contributed by atoms with Crippen molar-refractivity contribution in [2.75, 3.05) is 13.1 Å². The molecule has 188 valence electrons. The van der Waals surface area contributed by atoms with Gasteiger partial charge in [0.15, 0.2) is 11.5 Å². The molecule has 3 atom stereocenters. The highest BCUT2D eigenvalue weighted by atomic mass is 19.1. The van der Waals surface area contributed by atoms with Gasteiger partial charge in [-0.15, -0.1) is 0 Å². The lowest BCUT2D eigenvalue weighted by molar-refractivity contribution is 0.0758. The zero-order chi connectivity index (χ0) is 26.0. The number of fused-ring (bicyclic) bond motifs is 2. The van der Waals surface area contributed by atoms with Gasteiger partial charge in [-0.25, -0.2) is 18.4 Å². The number of hydrogen-bond donors (Lipinski definition) is 0. The number of likely N-dealkylation sites (tertiary alicyclic amines) is 1. The van der Waals surface area contributed by atoms with Crippen molar-refractivity contribution in [3.8, 4) is 5.69 Å². The topological polar surface area (TPSA) is 51.0 Å². The van der Waals surface area contributed by atoms with Crippen molar-refractivity contribution >= 4 is 16.8 Å². The van der Waals surface area contributed by atoms with Crippen molar-refractivity contribution in [3.05, 3.63) is 125 Å². The second kappa shape index (κ2) is 8.31. The molecule has 1 aliphatic heterocycles. The van der Waals surface area contributed by atoms with Crippen molar-refractivity contribution in [2.45, 2.75) is 18.3 Å². The maximum atomic E-state index is 14.4. The predicted octanol–water partition coefficient (Wildman–Crippen LogP) is 5.81. The van der Waals surface area contributed by atoms with Crippen LogP contribution in [0.4, 0.5) is 8.78 Å². The summed E-state index contributed by atoms with van der Waals surface area (Å²) in [6, 6.07) is 23.7. The van der Waals surface area contributed by atoms with Gasteiger partial charge in [0.1, 0.15) is 5.82 Å². The van der Waals surface area contributed by atoms with E-state index in [1.807, 2.05) is 29.1 Å². The van der Waals surface area contributed by atoms with Gasteiger partial charge in [-0.05, 0) is 78.1 Å². The Morgan fingerprint density at radius 2 is 1.79 bits per heavy atom. The van der Waals surface area contributed by atoms with Crippen LogP contribution in [0.5, 0.6) is 0 Å². The van der Waals surface area contributed by atoms with Crippen LogP contribution in [0.2, 0.25) is 0 Å². The second-order valence-corrected chi connectivity index (χ2v) is 10.3. The summed E-state index contributed by atoms with van der Waals surface area (Å²) in [5.41, 5.74) is 4.83. The Morgan fingerprint density at radius 1 is 1.00 bits per heavy atom. The number of amides is 1. The number of aromatic nitrogens is 3. The lowest BCUT2D eigenvalue weighted by Gasteiger charge is -2.25. The molecule has 38 heavy (non-hydrogen) atoms. The van der Waals surface area contributed by atoms with Crippen LogP contribution in [-0.4, -0.2) is 38.7 Å². The Balaban J connectivity index is 1.31. The molecular formula is C31H24F2N4O. The number of piperidine rings is 1. The van der Waals surface area contributed by atoms with E-state index >= 15 is 0 Å². The molecule has 3 heterocycles. The van der Waals surface area contributed by atoms with Crippen LogP contribution >= 0.6 is 0 Å².